The van der Waals surface area contributed by atoms with Gasteiger partial charge in [0.05, 0.1) is 18.9 Å². The van der Waals surface area contributed by atoms with E-state index in [1.165, 1.54) is 17.4 Å². The first-order chi connectivity index (χ1) is 12.7. The monoisotopic (exact) mass is 375 g/mol. The maximum atomic E-state index is 14.0. The Labute approximate surface area is 156 Å². The molecule has 2 N–H and O–H groups in total. The highest BCUT2D eigenvalue weighted by Gasteiger charge is 2.30. The number of ether oxygens (including phenoxy) is 1. The van der Waals surface area contributed by atoms with E-state index in [9.17, 15) is 9.18 Å². The molecule has 0 spiro atoms. The van der Waals surface area contributed by atoms with Crippen LogP contribution in [0.25, 0.3) is 0 Å². The summed E-state index contributed by atoms with van der Waals surface area (Å²) in [6.45, 7) is 2.01. The van der Waals surface area contributed by atoms with Crippen molar-refractivity contribution in [3.8, 4) is 0 Å². The standard InChI is InChI=1S/C19H22FN3O2S/c20-15-4-2-1-3-13(15)9-16-18(12-5-6-12)23-19(26-16)22-17(24)10-14-11-25-8-7-21-14/h1-4,12,14,21H,5-11H2,(H,22,23,24). The first-order valence-electron chi connectivity index (χ1n) is 9.03. The van der Waals surface area contributed by atoms with Crippen molar-refractivity contribution in [3.05, 3.63) is 46.2 Å². The van der Waals surface area contributed by atoms with Crippen molar-refractivity contribution in [2.45, 2.75) is 37.6 Å². The highest BCUT2D eigenvalue weighted by atomic mass is 32.1. The summed E-state index contributed by atoms with van der Waals surface area (Å²) in [6, 6.07) is 6.87. The van der Waals surface area contributed by atoms with Gasteiger partial charge in [-0.1, -0.05) is 18.2 Å². The SMILES string of the molecule is O=C(CC1COCCN1)Nc1nc(C2CC2)c(Cc2ccccc2F)s1. The van der Waals surface area contributed by atoms with Gasteiger partial charge in [-0.15, -0.1) is 11.3 Å². The lowest BCUT2D eigenvalue weighted by atomic mass is 10.1. The lowest BCUT2D eigenvalue weighted by Crippen LogP contribution is -2.43. The molecule has 1 amide bonds. The number of hydrogen-bond acceptors (Lipinski definition) is 5. The minimum Gasteiger partial charge on any atom is -0.378 e. The number of benzene rings is 1. The van der Waals surface area contributed by atoms with E-state index in [2.05, 4.69) is 15.6 Å². The summed E-state index contributed by atoms with van der Waals surface area (Å²) >= 11 is 1.46. The molecule has 0 radical (unpaired) electrons. The highest BCUT2D eigenvalue weighted by molar-refractivity contribution is 7.15. The zero-order chi connectivity index (χ0) is 17.9. The van der Waals surface area contributed by atoms with E-state index >= 15 is 0 Å². The minimum absolute atomic E-state index is 0.0458. The maximum absolute atomic E-state index is 14.0. The predicted molar refractivity (Wildman–Crippen MR) is 99.2 cm³/mol. The quantitative estimate of drug-likeness (QED) is 0.815. The molecule has 1 saturated carbocycles. The largest absolute Gasteiger partial charge is 0.378 e. The lowest BCUT2D eigenvalue weighted by molar-refractivity contribution is -0.117. The molecule has 1 aliphatic carbocycles. The molecule has 7 heteroatoms. The van der Waals surface area contributed by atoms with Crippen LogP contribution < -0.4 is 10.6 Å². The van der Waals surface area contributed by atoms with Gasteiger partial charge in [0, 0.05) is 36.2 Å². The molecule has 2 heterocycles. The van der Waals surface area contributed by atoms with Crippen LogP contribution in [0, 0.1) is 5.82 Å². The first kappa shape index (κ1) is 17.6. The number of nitrogens with one attached hydrogen (secondary N) is 2. The molecule has 2 aliphatic rings. The zero-order valence-electron chi connectivity index (χ0n) is 14.5. The third-order valence-corrected chi connectivity index (χ3v) is 5.66. The normalized spacial score (nSPS) is 20.1. The molecule has 26 heavy (non-hydrogen) atoms. The molecular formula is C19H22FN3O2S. The molecule has 2 fully saturated rings. The van der Waals surface area contributed by atoms with E-state index in [1.54, 1.807) is 12.1 Å². The van der Waals surface area contributed by atoms with E-state index in [-0.39, 0.29) is 17.8 Å². The first-order valence-corrected chi connectivity index (χ1v) is 9.84. The Bertz CT molecular complexity index is 785. The number of halogens is 1. The molecule has 4 rings (SSSR count). The molecule has 1 aromatic carbocycles. The van der Waals surface area contributed by atoms with Gasteiger partial charge in [0.15, 0.2) is 5.13 Å². The van der Waals surface area contributed by atoms with Crippen LogP contribution in [0.15, 0.2) is 24.3 Å². The van der Waals surface area contributed by atoms with Crippen molar-refractivity contribution in [2.75, 3.05) is 25.1 Å². The average Bonchev–Trinajstić information content (AvgIpc) is 3.40. The van der Waals surface area contributed by atoms with Crippen molar-refractivity contribution < 1.29 is 13.9 Å². The number of aromatic nitrogens is 1. The molecule has 1 unspecified atom stereocenters. The van der Waals surface area contributed by atoms with Gasteiger partial charge in [0.1, 0.15) is 5.82 Å². The van der Waals surface area contributed by atoms with Gasteiger partial charge in [-0.3, -0.25) is 4.79 Å². The summed E-state index contributed by atoms with van der Waals surface area (Å²) in [5, 5.41) is 6.80. The summed E-state index contributed by atoms with van der Waals surface area (Å²) in [7, 11) is 0. The number of amides is 1. The fourth-order valence-electron chi connectivity index (χ4n) is 3.18. The third-order valence-electron chi connectivity index (χ3n) is 4.68. The average molecular weight is 375 g/mol. The molecular weight excluding hydrogens is 353 g/mol. The van der Waals surface area contributed by atoms with Crippen molar-refractivity contribution in [2.24, 2.45) is 0 Å². The van der Waals surface area contributed by atoms with E-state index in [1.807, 2.05) is 6.07 Å². The van der Waals surface area contributed by atoms with Crippen LogP contribution in [-0.4, -0.2) is 36.7 Å². The smallest absolute Gasteiger partial charge is 0.227 e. The molecule has 0 bridgehead atoms. The van der Waals surface area contributed by atoms with E-state index in [0.717, 1.165) is 30.0 Å². The Balaban J connectivity index is 1.45. The molecule has 2 aromatic rings. The number of hydrogen-bond donors (Lipinski definition) is 2. The topological polar surface area (TPSA) is 63.2 Å². The zero-order valence-corrected chi connectivity index (χ0v) is 15.3. The van der Waals surface area contributed by atoms with Crippen LogP contribution in [-0.2, 0) is 16.0 Å². The van der Waals surface area contributed by atoms with Gasteiger partial charge in [0.25, 0.3) is 0 Å². The number of nitrogens with zero attached hydrogens (tertiary/aromatic N) is 1. The van der Waals surface area contributed by atoms with Crippen molar-refractivity contribution >= 4 is 22.4 Å². The van der Waals surface area contributed by atoms with Crippen LogP contribution in [0.4, 0.5) is 9.52 Å². The fraction of sp³-hybridized carbons (Fsp3) is 0.474. The van der Waals surface area contributed by atoms with E-state index in [0.29, 0.717) is 42.7 Å². The van der Waals surface area contributed by atoms with Crippen LogP contribution in [0.2, 0.25) is 0 Å². The number of rotatable bonds is 6. The predicted octanol–water partition coefficient (Wildman–Crippen LogP) is 3.07. The number of carbonyl (C=O) groups is 1. The Kier molecular flexibility index (Phi) is 5.28. The van der Waals surface area contributed by atoms with Crippen LogP contribution in [0.1, 0.15) is 41.3 Å². The van der Waals surface area contributed by atoms with Gasteiger partial charge in [-0.2, -0.15) is 0 Å². The van der Waals surface area contributed by atoms with Crippen molar-refractivity contribution in [1.29, 1.82) is 0 Å². The van der Waals surface area contributed by atoms with Crippen molar-refractivity contribution in [1.82, 2.24) is 10.3 Å². The van der Waals surface area contributed by atoms with Gasteiger partial charge >= 0.3 is 0 Å². The third kappa shape index (κ3) is 4.28. The summed E-state index contributed by atoms with van der Waals surface area (Å²) < 4.78 is 19.4. The molecule has 1 aromatic heterocycles. The molecule has 1 aliphatic heterocycles. The van der Waals surface area contributed by atoms with Gasteiger partial charge in [-0.25, -0.2) is 9.37 Å². The van der Waals surface area contributed by atoms with Crippen molar-refractivity contribution in [3.63, 3.8) is 0 Å². The minimum atomic E-state index is -0.198. The van der Waals surface area contributed by atoms with Crippen LogP contribution in [0.3, 0.4) is 0 Å². The Morgan fingerprint density at radius 3 is 2.96 bits per heavy atom. The van der Waals surface area contributed by atoms with Crippen LogP contribution in [0.5, 0.6) is 0 Å². The second kappa shape index (κ2) is 7.82. The molecule has 1 saturated heterocycles. The number of thiazole rings is 1. The number of morpholine rings is 1. The lowest BCUT2D eigenvalue weighted by Gasteiger charge is -2.22. The Hall–Kier alpha value is -1.83. The second-order valence-corrected chi connectivity index (χ2v) is 7.93. The van der Waals surface area contributed by atoms with Crippen LogP contribution >= 0.6 is 11.3 Å². The Morgan fingerprint density at radius 2 is 2.23 bits per heavy atom. The van der Waals surface area contributed by atoms with Gasteiger partial charge < -0.3 is 15.4 Å². The summed E-state index contributed by atoms with van der Waals surface area (Å²) in [5.74, 6) is 0.185. The van der Waals surface area contributed by atoms with Gasteiger partial charge in [-0.05, 0) is 24.5 Å². The van der Waals surface area contributed by atoms with E-state index < -0.39 is 0 Å². The van der Waals surface area contributed by atoms with E-state index in [4.69, 9.17) is 4.74 Å². The Morgan fingerprint density at radius 1 is 1.38 bits per heavy atom. The fourth-order valence-corrected chi connectivity index (χ4v) is 4.27. The highest BCUT2D eigenvalue weighted by Crippen LogP contribution is 2.44. The number of anilines is 1. The van der Waals surface area contributed by atoms with Gasteiger partial charge in [0.2, 0.25) is 5.91 Å². The summed E-state index contributed by atoms with van der Waals surface area (Å²) in [6.07, 6.45) is 3.11. The summed E-state index contributed by atoms with van der Waals surface area (Å²) in [5.41, 5.74) is 1.69. The maximum Gasteiger partial charge on any atom is 0.227 e. The summed E-state index contributed by atoms with van der Waals surface area (Å²) in [4.78, 5) is 18.0. The molecule has 138 valence electrons. The molecule has 1 atom stereocenters. The number of carbonyl (C=O) groups excluding carboxylic acids is 1. The molecule has 5 nitrogen and oxygen atoms in total. The second-order valence-electron chi connectivity index (χ2n) is 6.85.